The van der Waals surface area contributed by atoms with Gasteiger partial charge < -0.3 is 10.2 Å². The number of hydrogen-bond donors (Lipinski definition) is 1. The van der Waals surface area contributed by atoms with Crippen molar-refractivity contribution >= 4 is 17.4 Å². The second-order valence-corrected chi connectivity index (χ2v) is 4.17. The molecule has 0 aliphatic heterocycles. The Labute approximate surface area is 122 Å². The summed E-state index contributed by atoms with van der Waals surface area (Å²) in [6, 6.07) is 3.19. The smallest absolute Gasteiger partial charge is 0.288 e. The van der Waals surface area contributed by atoms with Gasteiger partial charge in [-0.3, -0.25) is 14.9 Å². The van der Waals surface area contributed by atoms with E-state index in [9.17, 15) is 14.9 Å². The number of rotatable bonds is 7. The number of aromatic nitrogens is 1. The molecule has 1 amide bonds. The molecule has 112 valence electrons. The highest BCUT2D eigenvalue weighted by Crippen LogP contribution is 2.21. The highest BCUT2D eigenvalue weighted by atomic mass is 16.6. The molecule has 1 rings (SSSR count). The maximum atomic E-state index is 12.5. The largest absolute Gasteiger partial charge is 0.370 e. The Bertz CT molecular complexity index is 567. The van der Waals surface area contributed by atoms with Crippen molar-refractivity contribution in [3.8, 4) is 6.07 Å². The minimum atomic E-state index is -0.592. The molecule has 8 heteroatoms. The van der Waals surface area contributed by atoms with Gasteiger partial charge >= 0.3 is 0 Å². The van der Waals surface area contributed by atoms with E-state index in [2.05, 4.69) is 10.3 Å². The normalized spacial score (nSPS) is 9.76. The summed E-state index contributed by atoms with van der Waals surface area (Å²) in [6.45, 7) is 4.85. The summed E-state index contributed by atoms with van der Waals surface area (Å²) in [7, 11) is 0. The molecule has 0 unspecified atom stereocenters. The van der Waals surface area contributed by atoms with Crippen LogP contribution in [0.3, 0.4) is 0 Å². The first-order valence-electron chi connectivity index (χ1n) is 6.59. The van der Waals surface area contributed by atoms with E-state index in [1.54, 1.807) is 6.92 Å². The van der Waals surface area contributed by atoms with E-state index in [1.807, 2.05) is 13.0 Å². The predicted molar refractivity (Wildman–Crippen MR) is 76.9 cm³/mol. The maximum Gasteiger partial charge on any atom is 0.288 e. The van der Waals surface area contributed by atoms with Gasteiger partial charge in [0.1, 0.15) is 12.0 Å². The maximum absolute atomic E-state index is 12.5. The van der Waals surface area contributed by atoms with Gasteiger partial charge in [-0.15, -0.1) is 0 Å². The Kier molecular flexibility index (Phi) is 6.07. The number of nitriles is 1. The molecular weight excluding hydrogens is 274 g/mol. The SMILES string of the molecule is CCNc1ncc([N+](=O)[O-])cc1C(=O)N(CC)CCC#N. The zero-order valence-electron chi connectivity index (χ0n) is 12.0. The van der Waals surface area contributed by atoms with Crippen molar-refractivity contribution in [2.45, 2.75) is 20.3 Å². The van der Waals surface area contributed by atoms with Crippen LogP contribution in [0, 0.1) is 21.4 Å². The van der Waals surface area contributed by atoms with Crippen LogP contribution < -0.4 is 5.32 Å². The molecule has 1 heterocycles. The third-order valence-electron chi connectivity index (χ3n) is 2.82. The van der Waals surface area contributed by atoms with Gasteiger partial charge in [-0.25, -0.2) is 4.98 Å². The van der Waals surface area contributed by atoms with Gasteiger partial charge in [0.2, 0.25) is 0 Å². The van der Waals surface area contributed by atoms with Crippen molar-refractivity contribution in [1.82, 2.24) is 9.88 Å². The second kappa shape index (κ2) is 7.79. The zero-order chi connectivity index (χ0) is 15.8. The van der Waals surface area contributed by atoms with Crippen molar-refractivity contribution in [2.24, 2.45) is 0 Å². The van der Waals surface area contributed by atoms with E-state index in [4.69, 9.17) is 5.26 Å². The molecule has 0 saturated heterocycles. The number of pyridine rings is 1. The fourth-order valence-electron chi connectivity index (χ4n) is 1.78. The van der Waals surface area contributed by atoms with E-state index in [1.165, 1.54) is 11.0 Å². The van der Waals surface area contributed by atoms with E-state index < -0.39 is 4.92 Å². The van der Waals surface area contributed by atoms with Gasteiger partial charge in [0, 0.05) is 25.7 Å². The number of nitrogens with one attached hydrogen (secondary N) is 1. The summed E-state index contributed by atoms with van der Waals surface area (Å²) in [5.41, 5.74) is -0.0952. The number of carbonyl (C=O) groups is 1. The van der Waals surface area contributed by atoms with Gasteiger partial charge in [0.05, 0.1) is 23.0 Å². The molecule has 0 bridgehead atoms. The minimum absolute atomic E-state index is 0.144. The van der Waals surface area contributed by atoms with E-state index >= 15 is 0 Å². The number of nitrogens with zero attached hydrogens (tertiary/aromatic N) is 4. The Morgan fingerprint density at radius 2 is 2.29 bits per heavy atom. The first-order chi connectivity index (χ1) is 10.0. The molecule has 0 saturated carbocycles. The summed E-state index contributed by atoms with van der Waals surface area (Å²) in [5.74, 6) is -0.0663. The fourth-order valence-corrected chi connectivity index (χ4v) is 1.78. The second-order valence-electron chi connectivity index (χ2n) is 4.17. The fraction of sp³-hybridized carbons (Fsp3) is 0.462. The minimum Gasteiger partial charge on any atom is -0.370 e. The van der Waals surface area contributed by atoms with Crippen LogP contribution in [0.15, 0.2) is 12.3 Å². The van der Waals surface area contributed by atoms with Crippen LogP contribution in [-0.2, 0) is 0 Å². The van der Waals surface area contributed by atoms with Crippen LogP contribution in [0.1, 0.15) is 30.6 Å². The Hall–Kier alpha value is -2.69. The molecular formula is C13H17N5O3. The quantitative estimate of drug-likeness (QED) is 0.605. The van der Waals surface area contributed by atoms with Crippen molar-refractivity contribution in [1.29, 1.82) is 5.26 Å². The van der Waals surface area contributed by atoms with Gasteiger partial charge in [-0.1, -0.05) is 0 Å². The summed E-state index contributed by atoms with van der Waals surface area (Å²) < 4.78 is 0. The molecule has 0 spiro atoms. The van der Waals surface area contributed by atoms with Gasteiger partial charge in [0.15, 0.2) is 0 Å². The third-order valence-corrected chi connectivity index (χ3v) is 2.82. The van der Waals surface area contributed by atoms with Crippen molar-refractivity contribution in [3.05, 3.63) is 27.9 Å². The van der Waals surface area contributed by atoms with Gasteiger partial charge in [-0.2, -0.15) is 5.26 Å². The van der Waals surface area contributed by atoms with E-state index in [-0.39, 0.29) is 30.1 Å². The average molecular weight is 291 g/mol. The Balaban J connectivity index is 3.17. The van der Waals surface area contributed by atoms with E-state index in [0.29, 0.717) is 18.9 Å². The molecule has 0 aliphatic rings. The number of amides is 1. The van der Waals surface area contributed by atoms with Crippen LogP contribution in [0.25, 0.3) is 0 Å². The molecule has 0 atom stereocenters. The lowest BCUT2D eigenvalue weighted by atomic mass is 10.2. The number of hydrogen-bond acceptors (Lipinski definition) is 6. The van der Waals surface area contributed by atoms with E-state index in [0.717, 1.165) is 6.20 Å². The zero-order valence-corrected chi connectivity index (χ0v) is 12.0. The van der Waals surface area contributed by atoms with Crippen LogP contribution in [0.5, 0.6) is 0 Å². The van der Waals surface area contributed by atoms with Gasteiger partial charge in [0.25, 0.3) is 11.6 Å². The summed E-state index contributed by atoms with van der Waals surface area (Å²) in [6.07, 6.45) is 1.32. The van der Waals surface area contributed by atoms with Crippen LogP contribution in [0.4, 0.5) is 11.5 Å². The monoisotopic (exact) mass is 291 g/mol. The molecule has 0 fully saturated rings. The highest BCUT2D eigenvalue weighted by molar-refractivity contribution is 5.99. The third kappa shape index (κ3) is 4.14. The first kappa shape index (κ1) is 16.4. The van der Waals surface area contributed by atoms with Crippen molar-refractivity contribution < 1.29 is 9.72 Å². The molecule has 1 aromatic rings. The molecule has 0 radical (unpaired) electrons. The molecule has 0 aliphatic carbocycles. The lowest BCUT2D eigenvalue weighted by Gasteiger charge is -2.20. The standard InChI is InChI=1S/C13H17N5O3/c1-3-15-12-11(8-10(9-16-12)18(20)21)13(19)17(4-2)7-5-6-14/h8-9H,3-5,7H2,1-2H3,(H,15,16). The van der Waals surface area contributed by atoms with Crippen LogP contribution >= 0.6 is 0 Å². The van der Waals surface area contributed by atoms with Crippen LogP contribution in [-0.4, -0.2) is 40.3 Å². The number of carbonyl (C=O) groups excluding carboxylic acids is 1. The number of nitro groups is 1. The average Bonchev–Trinajstić information content (AvgIpc) is 2.48. The molecule has 0 aromatic carbocycles. The Morgan fingerprint density at radius 3 is 2.81 bits per heavy atom. The summed E-state index contributed by atoms with van der Waals surface area (Å²) >= 11 is 0. The predicted octanol–water partition coefficient (Wildman–Crippen LogP) is 1.80. The first-order valence-corrected chi connectivity index (χ1v) is 6.59. The number of anilines is 1. The Morgan fingerprint density at radius 1 is 1.57 bits per heavy atom. The highest BCUT2D eigenvalue weighted by Gasteiger charge is 2.21. The summed E-state index contributed by atoms with van der Waals surface area (Å²) in [5, 5.41) is 22.4. The summed E-state index contributed by atoms with van der Waals surface area (Å²) in [4.78, 5) is 28.1. The molecule has 21 heavy (non-hydrogen) atoms. The lowest BCUT2D eigenvalue weighted by molar-refractivity contribution is -0.385. The van der Waals surface area contributed by atoms with Gasteiger partial charge in [-0.05, 0) is 13.8 Å². The van der Waals surface area contributed by atoms with Crippen molar-refractivity contribution in [3.63, 3.8) is 0 Å². The molecule has 1 aromatic heterocycles. The molecule has 1 N–H and O–H groups in total. The van der Waals surface area contributed by atoms with Crippen molar-refractivity contribution in [2.75, 3.05) is 25.0 Å². The van der Waals surface area contributed by atoms with Crippen LogP contribution in [0.2, 0.25) is 0 Å². The molecule has 8 nitrogen and oxygen atoms in total. The lowest BCUT2D eigenvalue weighted by Crippen LogP contribution is -2.32. The topological polar surface area (TPSA) is 112 Å².